The minimum Gasteiger partial charge on any atom is -0.329 e. The molecule has 0 aromatic rings. The van der Waals surface area contributed by atoms with Gasteiger partial charge in [-0.3, -0.25) is 0 Å². The molecule has 0 aromatic carbocycles. The van der Waals surface area contributed by atoms with Crippen molar-refractivity contribution in [3.8, 4) is 0 Å². The van der Waals surface area contributed by atoms with E-state index in [1.54, 1.807) is 0 Å². The lowest BCUT2D eigenvalue weighted by Gasteiger charge is -2.33. The predicted molar refractivity (Wildman–Crippen MR) is 69.4 cm³/mol. The maximum Gasteiger partial charge on any atom is 0.0243 e. The maximum absolute atomic E-state index is 5.99. The van der Waals surface area contributed by atoms with E-state index in [2.05, 4.69) is 11.9 Å². The minimum atomic E-state index is 0.656. The molecule has 0 heterocycles. The van der Waals surface area contributed by atoms with Crippen LogP contribution < -0.4 is 5.73 Å². The van der Waals surface area contributed by atoms with Crippen LogP contribution in [0, 0.1) is 11.8 Å². The lowest BCUT2D eigenvalue weighted by molar-refractivity contribution is 0.158. The van der Waals surface area contributed by atoms with Gasteiger partial charge in [0.25, 0.3) is 0 Å². The van der Waals surface area contributed by atoms with Gasteiger partial charge in [0.2, 0.25) is 0 Å². The Labute approximate surface area is 101 Å². The lowest BCUT2D eigenvalue weighted by atomic mass is 9.95. The third kappa shape index (κ3) is 2.98. The second-order valence-electron chi connectivity index (χ2n) is 5.94. The highest BCUT2D eigenvalue weighted by Gasteiger charge is 2.28. The van der Waals surface area contributed by atoms with Gasteiger partial charge in [0.1, 0.15) is 0 Å². The first-order chi connectivity index (χ1) is 7.81. The first-order valence-corrected chi connectivity index (χ1v) is 7.21. The summed E-state index contributed by atoms with van der Waals surface area (Å²) >= 11 is 0. The van der Waals surface area contributed by atoms with Crippen molar-refractivity contribution >= 4 is 0 Å². The zero-order valence-corrected chi connectivity index (χ0v) is 10.8. The van der Waals surface area contributed by atoms with E-state index in [0.29, 0.717) is 6.04 Å². The Morgan fingerprint density at radius 1 is 1.06 bits per heavy atom. The van der Waals surface area contributed by atoms with Gasteiger partial charge in [0, 0.05) is 19.1 Å². The van der Waals surface area contributed by atoms with Crippen LogP contribution in [0.15, 0.2) is 0 Å². The number of hydrogen-bond donors (Lipinski definition) is 1. The Bertz CT molecular complexity index is 193. The van der Waals surface area contributed by atoms with E-state index in [4.69, 9.17) is 5.73 Å². The van der Waals surface area contributed by atoms with Crippen LogP contribution in [0.1, 0.15) is 51.4 Å². The Hall–Kier alpha value is -0.0800. The summed E-state index contributed by atoms with van der Waals surface area (Å²) in [6, 6.07) is 0.656. The molecule has 2 fully saturated rings. The van der Waals surface area contributed by atoms with Gasteiger partial charge in [-0.15, -0.1) is 0 Å². The summed E-state index contributed by atoms with van der Waals surface area (Å²) in [5.74, 6) is 1.84. The van der Waals surface area contributed by atoms with Crippen molar-refractivity contribution in [1.82, 2.24) is 4.90 Å². The minimum absolute atomic E-state index is 0.656. The van der Waals surface area contributed by atoms with E-state index < -0.39 is 0 Å². The smallest absolute Gasteiger partial charge is 0.0243 e. The molecule has 2 saturated carbocycles. The normalized spacial score (nSPS) is 25.7. The molecule has 2 nitrogen and oxygen atoms in total. The molecule has 0 aromatic heterocycles. The van der Waals surface area contributed by atoms with Gasteiger partial charge in [0.15, 0.2) is 0 Å². The molecular formula is C14H28N2. The maximum atomic E-state index is 5.99. The molecule has 2 heteroatoms. The number of nitrogens with two attached hydrogens (primary N) is 1. The molecule has 0 aliphatic heterocycles. The third-order valence-electron chi connectivity index (χ3n) is 4.77. The summed E-state index contributed by atoms with van der Waals surface area (Å²) in [6.07, 6.45) is 11.5. The third-order valence-corrected chi connectivity index (χ3v) is 4.77. The molecule has 0 bridgehead atoms. The highest BCUT2D eigenvalue weighted by molar-refractivity contribution is 4.84. The second kappa shape index (κ2) is 6.02. The van der Waals surface area contributed by atoms with Crippen LogP contribution in [0.5, 0.6) is 0 Å². The molecule has 1 atom stereocenters. The van der Waals surface area contributed by atoms with Gasteiger partial charge < -0.3 is 10.6 Å². The van der Waals surface area contributed by atoms with E-state index in [1.165, 1.54) is 57.9 Å². The van der Waals surface area contributed by atoms with Crippen LogP contribution in [0.3, 0.4) is 0 Å². The topological polar surface area (TPSA) is 29.3 Å². The van der Waals surface area contributed by atoms with Gasteiger partial charge in [-0.05, 0) is 44.6 Å². The van der Waals surface area contributed by atoms with Gasteiger partial charge in [-0.2, -0.15) is 0 Å². The largest absolute Gasteiger partial charge is 0.329 e. The van der Waals surface area contributed by atoms with E-state index in [0.717, 1.165) is 18.4 Å². The van der Waals surface area contributed by atoms with Gasteiger partial charge in [-0.25, -0.2) is 0 Å². The van der Waals surface area contributed by atoms with Crippen LogP contribution in [0.4, 0.5) is 0 Å². The Balaban J connectivity index is 1.81. The van der Waals surface area contributed by atoms with Crippen molar-refractivity contribution in [1.29, 1.82) is 0 Å². The molecule has 0 radical (unpaired) electrons. The monoisotopic (exact) mass is 224 g/mol. The van der Waals surface area contributed by atoms with E-state index >= 15 is 0 Å². The lowest BCUT2D eigenvalue weighted by Crippen LogP contribution is -2.44. The number of nitrogens with zero attached hydrogens (tertiary/aromatic N) is 1. The summed E-state index contributed by atoms with van der Waals surface area (Å²) in [5, 5.41) is 0. The van der Waals surface area contributed by atoms with Crippen molar-refractivity contribution in [2.75, 3.05) is 20.1 Å². The van der Waals surface area contributed by atoms with Crippen molar-refractivity contribution < 1.29 is 0 Å². The van der Waals surface area contributed by atoms with E-state index in [1.807, 2.05) is 0 Å². The number of likely N-dealkylation sites (N-methyl/N-ethyl adjacent to an activating group) is 1. The first kappa shape index (κ1) is 12.4. The molecule has 2 N–H and O–H groups in total. The van der Waals surface area contributed by atoms with E-state index in [-0.39, 0.29) is 0 Å². The Morgan fingerprint density at radius 3 is 2.19 bits per heavy atom. The average Bonchev–Trinajstić information content (AvgIpc) is 2.91. The SMILES string of the molecule is CN(CC1CCCC1)C(CN)C1CCCC1. The molecule has 2 rings (SSSR count). The van der Waals surface area contributed by atoms with Crippen molar-refractivity contribution in [3.63, 3.8) is 0 Å². The summed E-state index contributed by atoms with van der Waals surface area (Å²) in [4.78, 5) is 2.58. The Morgan fingerprint density at radius 2 is 1.62 bits per heavy atom. The van der Waals surface area contributed by atoms with Crippen molar-refractivity contribution in [2.45, 2.75) is 57.4 Å². The highest BCUT2D eigenvalue weighted by atomic mass is 15.1. The highest BCUT2D eigenvalue weighted by Crippen LogP contribution is 2.31. The van der Waals surface area contributed by atoms with Gasteiger partial charge in [0.05, 0.1) is 0 Å². The fourth-order valence-corrected chi connectivity index (χ4v) is 3.81. The van der Waals surface area contributed by atoms with Crippen LogP contribution >= 0.6 is 0 Å². The predicted octanol–water partition coefficient (Wildman–Crippen LogP) is 2.63. The molecule has 0 saturated heterocycles. The van der Waals surface area contributed by atoms with Crippen LogP contribution in [0.25, 0.3) is 0 Å². The molecule has 0 amide bonds. The molecule has 16 heavy (non-hydrogen) atoms. The number of hydrogen-bond acceptors (Lipinski definition) is 2. The zero-order chi connectivity index (χ0) is 11.4. The molecular weight excluding hydrogens is 196 g/mol. The number of rotatable bonds is 5. The molecule has 2 aliphatic carbocycles. The molecule has 94 valence electrons. The second-order valence-corrected chi connectivity index (χ2v) is 5.94. The van der Waals surface area contributed by atoms with Gasteiger partial charge in [-0.1, -0.05) is 25.7 Å². The summed E-state index contributed by atoms with van der Waals surface area (Å²) in [6.45, 7) is 2.15. The Kier molecular flexibility index (Phi) is 4.66. The fourth-order valence-electron chi connectivity index (χ4n) is 3.81. The van der Waals surface area contributed by atoms with Crippen molar-refractivity contribution in [2.24, 2.45) is 17.6 Å². The first-order valence-electron chi connectivity index (χ1n) is 7.21. The summed E-state index contributed by atoms with van der Waals surface area (Å²) in [5.41, 5.74) is 5.99. The average molecular weight is 224 g/mol. The van der Waals surface area contributed by atoms with Crippen LogP contribution in [-0.2, 0) is 0 Å². The van der Waals surface area contributed by atoms with Crippen molar-refractivity contribution in [3.05, 3.63) is 0 Å². The zero-order valence-electron chi connectivity index (χ0n) is 10.8. The molecule has 2 aliphatic rings. The molecule has 0 spiro atoms. The molecule has 1 unspecified atom stereocenters. The van der Waals surface area contributed by atoms with Crippen LogP contribution in [0.2, 0.25) is 0 Å². The van der Waals surface area contributed by atoms with Gasteiger partial charge >= 0.3 is 0 Å². The quantitative estimate of drug-likeness (QED) is 0.778. The summed E-state index contributed by atoms with van der Waals surface area (Å²) in [7, 11) is 2.30. The van der Waals surface area contributed by atoms with E-state index in [9.17, 15) is 0 Å². The van der Waals surface area contributed by atoms with Crippen LogP contribution in [-0.4, -0.2) is 31.1 Å². The fraction of sp³-hybridized carbons (Fsp3) is 1.00. The standard InChI is InChI=1S/C14H28N2/c1-16(11-12-6-2-3-7-12)14(10-15)13-8-4-5-9-13/h12-14H,2-11,15H2,1H3. The summed E-state index contributed by atoms with van der Waals surface area (Å²) < 4.78 is 0.